The van der Waals surface area contributed by atoms with Crippen LogP contribution in [0, 0.1) is 0 Å². The number of rotatable bonds is 4. The van der Waals surface area contributed by atoms with Crippen molar-refractivity contribution >= 4 is 16.0 Å². The van der Waals surface area contributed by atoms with Crippen molar-refractivity contribution in [3.8, 4) is 0 Å². The molecule has 0 unspecified atom stereocenters. The van der Waals surface area contributed by atoms with Gasteiger partial charge in [-0.1, -0.05) is 0 Å². The molecule has 0 aromatic carbocycles. The summed E-state index contributed by atoms with van der Waals surface area (Å²) in [5.74, 6) is 1.12. The quantitative estimate of drug-likeness (QED) is 0.804. The topological polar surface area (TPSA) is 66.0 Å². The third-order valence-electron chi connectivity index (χ3n) is 4.71. The van der Waals surface area contributed by atoms with Gasteiger partial charge in [0.2, 0.25) is 0 Å². The highest BCUT2D eigenvalue weighted by Crippen LogP contribution is 2.30. The Kier molecular flexibility index (Phi) is 5.39. The molecule has 0 bridgehead atoms. The summed E-state index contributed by atoms with van der Waals surface area (Å²) >= 11 is 0. The second kappa shape index (κ2) is 7.35. The molecule has 0 aliphatic carbocycles. The van der Waals surface area contributed by atoms with E-state index in [-0.39, 0.29) is 5.92 Å². The largest absolute Gasteiger partial charge is 0.379 e. The van der Waals surface area contributed by atoms with E-state index in [9.17, 15) is 8.42 Å². The van der Waals surface area contributed by atoms with Crippen molar-refractivity contribution in [2.24, 2.45) is 0 Å². The normalized spacial score (nSPS) is 24.0. The van der Waals surface area contributed by atoms with Crippen LogP contribution in [0.5, 0.6) is 0 Å². The Morgan fingerprint density at radius 2 is 1.96 bits per heavy atom. The predicted octanol–water partition coefficient (Wildman–Crippen LogP) is 0.904. The molecule has 1 atom stereocenters. The van der Waals surface area contributed by atoms with Crippen LogP contribution in [-0.2, 0) is 14.9 Å². The number of piperidine rings is 1. The van der Waals surface area contributed by atoms with E-state index in [4.69, 9.17) is 4.74 Å². The van der Waals surface area contributed by atoms with E-state index < -0.39 is 10.2 Å². The first-order valence-corrected chi connectivity index (χ1v) is 9.84. The Morgan fingerprint density at radius 1 is 1.21 bits per heavy atom. The van der Waals surface area contributed by atoms with Crippen molar-refractivity contribution in [1.29, 1.82) is 0 Å². The van der Waals surface area contributed by atoms with Gasteiger partial charge in [-0.05, 0) is 36.5 Å². The zero-order valence-corrected chi connectivity index (χ0v) is 15.2. The summed E-state index contributed by atoms with van der Waals surface area (Å²) in [5.41, 5.74) is 1.16. The van der Waals surface area contributed by atoms with E-state index in [1.165, 1.54) is 0 Å². The number of morpholine rings is 1. The van der Waals surface area contributed by atoms with Crippen molar-refractivity contribution in [2.45, 2.75) is 18.8 Å². The fourth-order valence-electron chi connectivity index (χ4n) is 3.30. The van der Waals surface area contributed by atoms with Crippen LogP contribution in [0.3, 0.4) is 0 Å². The van der Waals surface area contributed by atoms with Crippen LogP contribution in [-0.4, -0.2) is 75.5 Å². The Labute approximate surface area is 144 Å². The second-order valence-corrected chi connectivity index (χ2v) is 8.49. The van der Waals surface area contributed by atoms with E-state index in [2.05, 4.69) is 11.1 Å². The SMILES string of the molecule is CN(C)c1cc([C@H]2CCCN(S(=O)(=O)N3CCOCC3)C2)ccn1. The molecule has 3 heterocycles. The van der Waals surface area contributed by atoms with Gasteiger partial charge in [-0.3, -0.25) is 0 Å². The maximum Gasteiger partial charge on any atom is 0.282 e. The van der Waals surface area contributed by atoms with Crippen molar-refractivity contribution in [2.75, 3.05) is 58.4 Å². The van der Waals surface area contributed by atoms with Gasteiger partial charge < -0.3 is 9.64 Å². The van der Waals surface area contributed by atoms with Crippen molar-refractivity contribution < 1.29 is 13.2 Å². The number of hydrogen-bond donors (Lipinski definition) is 0. The molecule has 134 valence electrons. The molecular weight excluding hydrogens is 328 g/mol. The summed E-state index contributed by atoms with van der Waals surface area (Å²) in [6, 6.07) is 4.07. The first kappa shape index (κ1) is 17.6. The molecule has 0 saturated carbocycles. The molecule has 8 heteroatoms. The minimum absolute atomic E-state index is 0.219. The van der Waals surface area contributed by atoms with Crippen LogP contribution in [0.1, 0.15) is 24.3 Å². The zero-order chi connectivity index (χ0) is 17.2. The van der Waals surface area contributed by atoms with Gasteiger partial charge in [0.1, 0.15) is 5.82 Å². The Morgan fingerprint density at radius 3 is 2.67 bits per heavy atom. The number of ether oxygens (including phenoxy) is 1. The van der Waals surface area contributed by atoms with Gasteiger partial charge in [0.05, 0.1) is 13.2 Å². The van der Waals surface area contributed by atoms with Gasteiger partial charge in [-0.2, -0.15) is 17.0 Å². The fourth-order valence-corrected chi connectivity index (χ4v) is 4.96. The maximum atomic E-state index is 12.9. The fraction of sp³-hybridized carbons (Fsp3) is 0.688. The molecule has 1 aromatic rings. The monoisotopic (exact) mass is 354 g/mol. The predicted molar refractivity (Wildman–Crippen MR) is 93.4 cm³/mol. The first-order valence-electron chi connectivity index (χ1n) is 8.45. The molecule has 2 aliphatic heterocycles. The molecule has 0 amide bonds. The lowest BCUT2D eigenvalue weighted by molar-refractivity contribution is 0.0695. The molecule has 2 fully saturated rings. The van der Waals surface area contributed by atoms with Gasteiger partial charge in [0, 0.05) is 46.5 Å². The third-order valence-corrected chi connectivity index (χ3v) is 6.71. The number of nitrogens with zero attached hydrogens (tertiary/aromatic N) is 4. The Bertz CT molecular complexity index is 659. The van der Waals surface area contributed by atoms with Crippen LogP contribution in [0.25, 0.3) is 0 Å². The number of aromatic nitrogens is 1. The minimum Gasteiger partial charge on any atom is -0.379 e. The molecule has 2 aliphatic rings. The van der Waals surface area contributed by atoms with Gasteiger partial charge >= 0.3 is 0 Å². The molecule has 0 radical (unpaired) electrons. The number of pyridine rings is 1. The summed E-state index contributed by atoms with van der Waals surface area (Å²) in [4.78, 5) is 6.31. The van der Waals surface area contributed by atoms with Gasteiger partial charge in [0.15, 0.2) is 0 Å². The highest BCUT2D eigenvalue weighted by atomic mass is 32.2. The van der Waals surface area contributed by atoms with Crippen LogP contribution in [0.4, 0.5) is 5.82 Å². The highest BCUT2D eigenvalue weighted by molar-refractivity contribution is 7.86. The molecule has 7 nitrogen and oxygen atoms in total. The van der Waals surface area contributed by atoms with Crippen LogP contribution in [0.2, 0.25) is 0 Å². The average molecular weight is 354 g/mol. The van der Waals surface area contributed by atoms with E-state index in [1.807, 2.05) is 25.1 Å². The molecule has 3 rings (SSSR count). The Hall–Kier alpha value is -1.22. The maximum absolute atomic E-state index is 12.9. The van der Waals surface area contributed by atoms with Crippen LogP contribution >= 0.6 is 0 Å². The van der Waals surface area contributed by atoms with Crippen molar-refractivity contribution in [3.05, 3.63) is 23.9 Å². The highest BCUT2D eigenvalue weighted by Gasteiger charge is 2.34. The standard InChI is InChI=1S/C16H26N4O3S/c1-18(2)16-12-14(5-6-17-16)15-4-3-7-20(13-15)24(21,22)19-8-10-23-11-9-19/h5-6,12,15H,3-4,7-11,13H2,1-2H3/t15-/m0/s1. The van der Waals surface area contributed by atoms with E-state index in [0.29, 0.717) is 39.4 Å². The van der Waals surface area contributed by atoms with Gasteiger partial charge in [-0.25, -0.2) is 4.98 Å². The second-order valence-electron chi connectivity index (χ2n) is 6.56. The molecular formula is C16H26N4O3S. The molecule has 1 aromatic heterocycles. The van der Waals surface area contributed by atoms with Crippen LogP contribution in [0.15, 0.2) is 18.3 Å². The number of hydrogen-bond acceptors (Lipinski definition) is 5. The summed E-state index contributed by atoms with van der Waals surface area (Å²) in [6.45, 7) is 2.99. The zero-order valence-electron chi connectivity index (χ0n) is 14.4. The average Bonchev–Trinajstić information content (AvgIpc) is 2.62. The van der Waals surface area contributed by atoms with Gasteiger partial charge in [0.25, 0.3) is 10.2 Å². The third kappa shape index (κ3) is 3.72. The van der Waals surface area contributed by atoms with Crippen LogP contribution < -0.4 is 4.90 Å². The summed E-state index contributed by atoms with van der Waals surface area (Å²) < 4.78 is 34.2. The van der Waals surface area contributed by atoms with E-state index >= 15 is 0 Å². The van der Waals surface area contributed by atoms with E-state index in [1.54, 1.807) is 14.8 Å². The lowest BCUT2D eigenvalue weighted by Gasteiger charge is -2.37. The van der Waals surface area contributed by atoms with Crippen molar-refractivity contribution in [3.63, 3.8) is 0 Å². The molecule has 0 N–H and O–H groups in total. The lowest BCUT2D eigenvalue weighted by Crippen LogP contribution is -2.51. The molecule has 0 spiro atoms. The summed E-state index contributed by atoms with van der Waals surface area (Å²) in [6.07, 6.45) is 3.69. The molecule has 24 heavy (non-hydrogen) atoms. The smallest absolute Gasteiger partial charge is 0.282 e. The lowest BCUT2D eigenvalue weighted by atomic mass is 9.92. The summed E-state index contributed by atoms with van der Waals surface area (Å²) in [7, 11) is 0.529. The molecule has 2 saturated heterocycles. The van der Waals surface area contributed by atoms with Gasteiger partial charge in [-0.15, -0.1) is 0 Å². The number of anilines is 1. The van der Waals surface area contributed by atoms with Crippen molar-refractivity contribution in [1.82, 2.24) is 13.6 Å². The first-order chi connectivity index (χ1) is 11.5. The van der Waals surface area contributed by atoms with E-state index in [0.717, 1.165) is 24.2 Å². The Balaban J connectivity index is 1.75. The minimum atomic E-state index is -3.39. The summed E-state index contributed by atoms with van der Waals surface area (Å²) in [5, 5.41) is 0.